The van der Waals surface area contributed by atoms with Crippen LogP contribution >= 0.6 is 22.6 Å². The Hall–Kier alpha value is -4.83. The Morgan fingerprint density at radius 3 is 1.78 bits per heavy atom. The van der Waals surface area contributed by atoms with Gasteiger partial charge in [-0.05, 0) is 114 Å². The summed E-state index contributed by atoms with van der Waals surface area (Å²) >= 11 is 1.91. The van der Waals surface area contributed by atoms with E-state index in [4.69, 9.17) is 18.9 Å². The van der Waals surface area contributed by atoms with Crippen molar-refractivity contribution in [1.29, 1.82) is 0 Å². The first kappa shape index (κ1) is 44.3. The maximum absolute atomic E-state index is 15.5. The number of alkyl carbamates (subject to hydrolysis) is 1. The molecule has 0 unspecified atom stereocenters. The van der Waals surface area contributed by atoms with Crippen molar-refractivity contribution in [2.45, 2.75) is 61.0 Å². The lowest BCUT2D eigenvalue weighted by Crippen LogP contribution is -2.42. The highest BCUT2D eigenvalue weighted by atomic mass is 127. The number of aliphatic hydroxyl groups excluding tert-OH is 1. The van der Waals surface area contributed by atoms with Gasteiger partial charge in [0.1, 0.15) is 33.0 Å². The standard InChI is InChI=1S/C39H45IN6O10S2/c1-39(2,3)56-38(48)41-21-32(25-47)57(49,50)34-20-19-33(40)35(37-42-44-46(43-37)24-28-11-17-31(55-6)18-12-28)36(34)58(51,52)45(22-26-7-13-29(53-4)14-8-26)23-27-9-15-30(54-5)16-10-27/h7-20,32,47H,21-25H2,1-6H3,(H,41,48)/t32-/m0/s1. The molecule has 0 spiro atoms. The highest BCUT2D eigenvalue weighted by Gasteiger charge is 2.40. The van der Waals surface area contributed by atoms with Gasteiger partial charge in [-0.25, -0.2) is 21.6 Å². The molecule has 0 fully saturated rings. The molecule has 1 atom stereocenters. The summed E-state index contributed by atoms with van der Waals surface area (Å²) in [6.07, 6.45) is -0.917. The third kappa shape index (κ3) is 10.8. The molecular weight excluding hydrogens is 903 g/mol. The number of aliphatic hydroxyl groups is 1. The zero-order valence-corrected chi connectivity index (χ0v) is 36.5. The van der Waals surface area contributed by atoms with Crippen molar-refractivity contribution < 1.29 is 45.7 Å². The molecule has 2 N–H and O–H groups in total. The minimum Gasteiger partial charge on any atom is -0.497 e. The Morgan fingerprint density at radius 1 is 0.810 bits per heavy atom. The minimum atomic E-state index is -4.84. The van der Waals surface area contributed by atoms with Crippen molar-refractivity contribution in [2.24, 2.45) is 0 Å². The van der Waals surface area contributed by atoms with Gasteiger partial charge in [-0.3, -0.25) is 0 Å². The van der Waals surface area contributed by atoms with Gasteiger partial charge in [0.15, 0.2) is 9.84 Å². The van der Waals surface area contributed by atoms with E-state index in [1.54, 1.807) is 88.5 Å². The number of ether oxygens (including phenoxy) is 4. The number of sulfonamides is 1. The number of carbonyl (C=O) groups excluding carboxylic acids is 1. The van der Waals surface area contributed by atoms with E-state index >= 15 is 8.42 Å². The van der Waals surface area contributed by atoms with Gasteiger partial charge in [0.25, 0.3) is 0 Å². The molecule has 58 heavy (non-hydrogen) atoms. The molecule has 0 aliphatic rings. The molecule has 0 aliphatic carbocycles. The van der Waals surface area contributed by atoms with E-state index in [0.29, 0.717) is 31.9 Å². The lowest BCUT2D eigenvalue weighted by molar-refractivity contribution is 0.0525. The second kappa shape index (κ2) is 18.8. The summed E-state index contributed by atoms with van der Waals surface area (Å²) < 4.78 is 82.8. The van der Waals surface area contributed by atoms with E-state index in [9.17, 15) is 18.3 Å². The van der Waals surface area contributed by atoms with Crippen LogP contribution in [0.2, 0.25) is 0 Å². The average molecular weight is 949 g/mol. The molecule has 0 radical (unpaired) electrons. The van der Waals surface area contributed by atoms with Crippen molar-refractivity contribution >= 4 is 48.5 Å². The third-order valence-corrected chi connectivity index (χ3v) is 13.7. The first-order chi connectivity index (χ1) is 27.5. The van der Waals surface area contributed by atoms with E-state index in [1.807, 2.05) is 34.7 Å². The van der Waals surface area contributed by atoms with Crippen LogP contribution in [0, 0.1) is 3.57 Å². The predicted octanol–water partition coefficient (Wildman–Crippen LogP) is 5.07. The summed E-state index contributed by atoms with van der Waals surface area (Å²) in [4.78, 5) is 12.6. The topological polar surface area (TPSA) is 201 Å². The van der Waals surface area contributed by atoms with Crippen LogP contribution in [0.1, 0.15) is 37.5 Å². The molecule has 0 aliphatic heterocycles. The molecule has 1 heterocycles. The van der Waals surface area contributed by atoms with E-state index in [0.717, 1.165) is 9.87 Å². The quantitative estimate of drug-likeness (QED) is 0.117. The Labute approximate surface area is 351 Å². The number of tetrazole rings is 1. The van der Waals surface area contributed by atoms with Crippen LogP contribution in [0.3, 0.4) is 0 Å². The summed E-state index contributed by atoms with van der Waals surface area (Å²) in [6.45, 7) is 3.14. The lowest BCUT2D eigenvalue weighted by Gasteiger charge is -2.27. The van der Waals surface area contributed by atoms with Gasteiger partial charge in [0, 0.05) is 23.2 Å². The zero-order chi connectivity index (χ0) is 42.3. The smallest absolute Gasteiger partial charge is 0.407 e. The fourth-order valence-corrected chi connectivity index (χ4v) is 10.4. The van der Waals surface area contributed by atoms with Gasteiger partial charge < -0.3 is 29.4 Å². The van der Waals surface area contributed by atoms with Crippen LogP contribution in [0.5, 0.6) is 17.2 Å². The number of carbonyl (C=O) groups is 1. The van der Waals surface area contributed by atoms with Gasteiger partial charge in [0.05, 0.1) is 44.9 Å². The van der Waals surface area contributed by atoms with Crippen molar-refractivity contribution in [2.75, 3.05) is 34.5 Å². The highest BCUT2D eigenvalue weighted by molar-refractivity contribution is 14.1. The number of nitrogens with one attached hydrogen (secondary N) is 1. The van der Waals surface area contributed by atoms with Crippen LogP contribution in [-0.4, -0.2) is 97.9 Å². The summed E-state index contributed by atoms with van der Waals surface area (Å²) in [5, 5.41) is 24.1. The van der Waals surface area contributed by atoms with Gasteiger partial charge in [-0.1, -0.05) is 36.4 Å². The molecular formula is C39H45IN6O10S2. The Morgan fingerprint density at radius 2 is 1.31 bits per heavy atom. The SMILES string of the molecule is COc1ccc(CN(Cc2ccc(OC)cc2)S(=O)(=O)c2c(S(=O)(=O)[C@H](CO)CNC(=O)OC(C)(C)C)ccc(I)c2-c2nnn(Cc3ccc(OC)cc3)n2)cc1. The fraction of sp³-hybridized carbons (Fsp3) is 0.333. The number of methoxy groups -OCH3 is 3. The number of hydrogen-bond donors (Lipinski definition) is 2. The fourth-order valence-electron chi connectivity index (χ4n) is 5.72. The second-order valence-electron chi connectivity index (χ2n) is 13.9. The van der Waals surface area contributed by atoms with E-state index < -0.39 is 59.7 Å². The minimum absolute atomic E-state index is 0.117. The first-order valence-corrected chi connectivity index (χ1v) is 21.9. The second-order valence-corrected chi connectivity index (χ2v) is 19.2. The number of aromatic nitrogens is 4. The molecule has 0 bridgehead atoms. The predicted molar refractivity (Wildman–Crippen MR) is 223 cm³/mol. The van der Waals surface area contributed by atoms with Crippen LogP contribution in [0.4, 0.5) is 4.79 Å². The van der Waals surface area contributed by atoms with E-state index in [-0.39, 0.29) is 31.0 Å². The van der Waals surface area contributed by atoms with Crippen molar-refractivity contribution in [3.05, 3.63) is 105 Å². The average Bonchev–Trinajstić information content (AvgIpc) is 3.65. The number of amides is 1. The number of rotatable bonds is 17. The van der Waals surface area contributed by atoms with Crippen LogP contribution in [-0.2, 0) is 44.2 Å². The van der Waals surface area contributed by atoms with Crippen molar-refractivity contribution in [3.63, 3.8) is 0 Å². The molecule has 0 saturated heterocycles. The number of sulfone groups is 1. The number of hydrogen-bond acceptors (Lipinski definition) is 13. The number of benzene rings is 4. The van der Waals surface area contributed by atoms with Crippen LogP contribution in [0.15, 0.2) is 94.7 Å². The maximum Gasteiger partial charge on any atom is 0.407 e. The summed E-state index contributed by atoms with van der Waals surface area (Å²) in [7, 11) is -5.01. The molecule has 5 aromatic rings. The van der Waals surface area contributed by atoms with Crippen LogP contribution < -0.4 is 19.5 Å². The molecule has 5 rings (SSSR count). The molecule has 310 valence electrons. The molecule has 16 nitrogen and oxygen atoms in total. The van der Waals surface area contributed by atoms with Crippen molar-refractivity contribution in [1.82, 2.24) is 29.8 Å². The molecule has 4 aromatic carbocycles. The van der Waals surface area contributed by atoms with Gasteiger partial charge in [-0.2, -0.15) is 9.10 Å². The Bertz CT molecular complexity index is 2360. The monoisotopic (exact) mass is 948 g/mol. The van der Waals surface area contributed by atoms with E-state index in [1.165, 1.54) is 31.1 Å². The van der Waals surface area contributed by atoms with E-state index in [2.05, 4.69) is 20.7 Å². The van der Waals surface area contributed by atoms with Gasteiger partial charge in [0.2, 0.25) is 15.8 Å². The number of halogens is 1. The molecule has 1 aromatic heterocycles. The zero-order valence-electron chi connectivity index (χ0n) is 32.7. The molecule has 1 amide bonds. The Kier molecular flexibility index (Phi) is 14.4. The van der Waals surface area contributed by atoms with Gasteiger partial charge >= 0.3 is 6.09 Å². The normalized spacial score (nSPS) is 12.6. The van der Waals surface area contributed by atoms with Gasteiger partial charge in [-0.15, -0.1) is 10.2 Å². The Balaban J connectivity index is 1.69. The first-order valence-electron chi connectivity index (χ1n) is 17.8. The summed E-state index contributed by atoms with van der Waals surface area (Å²) in [5.74, 6) is 1.60. The summed E-state index contributed by atoms with van der Waals surface area (Å²) in [5.41, 5.74) is 0.936. The lowest BCUT2D eigenvalue weighted by atomic mass is 10.2. The van der Waals surface area contributed by atoms with Crippen LogP contribution in [0.25, 0.3) is 11.4 Å². The molecule has 0 saturated carbocycles. The molecule has 19 heteroatoms. The maximum atomic E-state index is 15.5. The summed E-state index contributed by atoms with van der Waals surface area (Å²) in [6, 6.07) is 23.3. The highest BCUT2D eigenvalue weighted by Crippen LogP contribution is 2.39. The van der Waals surface area contributed by atoms with Crippen molar-refractivity contribution in [3.8, 4) is 28.6 Å². The largest absolute Gasteiger partial charge is 0.497 e. The third-order valence-electron chi connectivity index (χ3n) is 8.69. The number of nitrogens with zero attached hydrogens (tertiary/aromatic N) is 5.